The number of carbonyl (C=O) groups is 1. The third-order valence-corrected chi connectivity index (χ3v) is 5.69. The largest absolute Gasteiger partial charge is 0.335 e. The van der Waals surface area contributed by atoms with Crippen molar-refractivity contribution in [1.29, 1.82) is 0 Å². The van der Waals surface area contributed by atoms with Gasteiger partial charge in [-0.2, -0.15) is 4.37 Å². The van der Waals surface area contributed by atoms with Gasteiger partial charge in [-0.3, -0.25) is 14.2 Å². The lowest BCUT2D eigenvalue weighted by molar-refractivity contribution is 0.0790. The van der Waals surface area contributed by atoms with Crippen LogP contribution in [-0.4, -0.2) is 24.8 Å². The van der Waals surface area contributed by atoms with Crippen molar-refractivity contribution < 1.29 is 4.79 Å². The molecule has 4 heterocycles. The van der Waals surface area contributed by atoms with Crippen molar-refractivity contribution in [3.05, 3.63) is 40.2 Å². The van der Waals surface area contributed by atoms with Gasteiger partial charge in [0.2, 0.25) is 0 Å². The summed E-state index contributed by atoms with van der Waals surface area (Å²) in [7, 11) is 0. The molecule has 1 saturated carbocycles. The van der Waals surface area contributed by atoms with E-state index in [2.05, 4.69) is 25.0 Å². The van der Waals surface area contributed by atoms with E-state index >= 15 is 0 Å². The Morgan fingerprint density at radius 1 is 1.32 bits per heavy atom. The first-order valence-electron chi connectivity index (χ1n) is 8.01. The normalized spacial score (nSPS) is 17.4. The average molecular weight is 354 g/mol. The molecule has 5 rings (SSSR count). The molecule has 3 aromatic heterocycles. The van der Waals surface area contributed by atoms with Crippen LogP contribution < -0.4 is 16.2 Å². The summed E-state index contributed by atoms with van der Waals surface area (Å²) in [6, 6.07) is 1.71. The van der Waals surface area contributed by atoms with Gasteiger partial charge in [0.05, 0.1) is 11.6 Å². The van der Waals surface area contributed by atoms with E-state index in [1.165, 1.54) is 17.9 Å². The zero-order chi connectivity index (χ0) is 17.2. The summed E-state index contributed by atoms with van der Waals surface area (Å²) in [6.07, 6.45) is 5.68. The van der Waals surface area contributed by atoms with Crippen LogP contribution in [0.15, 0.2) is 23.4 Å². The molecule has 2 N–H and O–H groups in total. The van der Waals surface area contributed by atoms with E-state index < -0.39 is 5.66 Å². The van der Waals surface area contributed by atoms with E-state index in [1.54, 1.807) is 16.8 Å². The number of aromatic nitrogens is 4. The third kappa shape index (κ3) is 1.89. The number of hydrogen-bond acceptors (Lipinski definition) is 7. The van der Waals surface area contributed by atoms with Gasteiger partial charge in [0, 0.05) is 0 Å². The number of nitrogens with zero attached hydrogens (tertiary/aromatic N) is 4. The lowest BCUT2D eigenvalue weighted by Crippen LogP contribution is -2.52. The minimum absolute atomic E-state index is 0.174. The minimum atomic E-state index is -0.559. The molecule has 0 atom stereocenters. The molecule has 126 valence electrons. The molecule has 25 heavy (non-hydrogen) atoms. The highest BCUT2D eigenvalue weighted by atomic mass is 32.1. The molecule has 0 unspecified atom stereocenters. The number of pyridine rings is 1. The zero-order valence-corrected chi connectivity index (χ0v) is 14.2. The van der Waals surface area contributed by atoms with Gasteiger partial charge in [0.1, 0.15) is 34.0 Å². The highest BCUT2D eigenvalue weighted by Crippen LogP contribution is 2.41. The Bertz CT molecular complexity index is 1100. The van der Waals surface area contributed by atoms with Crippen LogP contribution in [0.2, 0.25) is 0 Å². The predicted molar refractivity (Wildman–Crippen MR) is 93.2 cm³/mol. The van der Waals surface area contributed by atoms with Gasteiger partial charge >= 0.3 is 0 Å². The predicted octanol–water partition coefficient (Wildman–Crippen LogP) is 1.88. The number of amides is 1. The van der Waals surface area contributed by atoms with Gasteiger partial charge in [-0.15, -0.1) is 0 Å². The smallest absolute Gasteiger partial charge is 0.276 e. The fourth-order valence-electron chi connectivity index (χ4n) is 3.63. The van der Waals surface area contributed by atoms with Crippen molar-refractivity contribution in [1.82, 2.24) is 24.2 Å². The van der Waals surface area contributed by atoms with Gasteiger partial charge in [-0.25, -0.2) is 9.97 Å². The molecule has 2 aliphatic rings. The van der Waals surface area contributed by atoms with Crippen LogP contribution in [0.3, 0.4) is 0 Å². The van der Waals surface area contributed by atoms with Crippen molar-refractivity contribution in [3.63, 3.8) is 0 Å². The van der Waals surface area contributed by atoms with E-state index in [-0.39, 0.29) is 11.5 Å². The molecule has 1 aliphatic carbocycles. The van der Waals surface area contributed by atoms with Crippen molar-refractivity contribution in [3.8, 4) is 0 Å². The maximum Gasteiger partial charge on any atom is 0.276 e. The summed E-state index contributed by atoms with van der Waals surface area (Å²) in [5.74, 6) is 0.364. The van der Waals surface area contributed by atoms with Crippen LogP contribution in [0.25, 0.3) is 10.2 Å². The van der Waals surface area contributed by atoms with Gasteiger partial charge in [-0.05, 0) is 49.3 Å². The molecule has 1 spiro atoms. The first kappa shape index (κ1) is 14.5. The zero-order valence-electron chi connectivity index (χ0n) is 13.4. The van der Waals surface area contributed by atoms with Gasteiger partial charge in [0.15, 0.2) is 0 Å². The maximum atomic E-state index is 13.1. The van der Waals surface area contributed by atoms with Crippen molar-refractivity contribution in [2.75, 3.05) is 5.32 Å². The molecule has 9 heteroatoms. The summed E-state index contributed by atoms with van der Waals surface area (Å²) in [6.45, 7) is 1.84. The summed E-state index contributed by atoms with van der Waals surface area (Å²) >= 11 is 1.27. The molecule has 0 saturated heterocycles. The summed E-state index contributed by atoms with van der Waals surface area (Å²) in [5.41, 5.74) is 0.845. The number of anilines is 2. The van der Waals surface area contributed by atoms with E-state index in [4.69, 9.17) is 0 Å². The standard InChI is InChI=1S/C16H14N6O2S/c1-8-5-10(20-12-9-6-19-25-14(9)18-7-17-12)15(24)22-11(8)13(23)21-16(22)3-2-4-16/h5-7H,2-4H2,1H3,(H,21,23)(H,17,18,20). The summed E-state index contributed by atoms with van der Waals surface area (Å²) in [4.78, 5) is 34.6. The average Bonchev–Trinajstić information content (AvgIpc) is 3.15. The number of fused-ring (bicyclic) bond motifs is 3. The van der Waals surface area contributed by atoms with Crippen molar-refractivity contribution in [2.45, 2.75) is 31.8 Å². The van der Waals surface area contributed by atoms with E-state index in [0.717, 1.165) is 35.0 Å². The Morgan fingerprint density at radius 3 is 2.92 bits per heavy atom. The quantitative estimate of drug-likeness (QED) is 0.728. The number of aryl methyl sites for hydroxylation is 1. The monoisotopic (exact) mass is 354 g/mol. The molecule has 1 aliphatic heterocycles. The second-order valence-corrected chi connectivity index (χ2v) is 7.24. The second-order valence-electron chi connectivity index (χ2n) is 6.46. The maximum absolute atomic E-state index is 13.1. The third-order valence-electron chi connectivity index (χ3n) is 4.98. The molecule has 1 fully saturated rings. The first-order chi connectivity index (χ1) is 12.1. The van der Waals surface area contributed by atoms with Crippen LogP contribution in [0, 0.1) is 6.92 Å². The Labute approximate surface area is 146 Å². The molecule has 0 radical (unpaired) electrons. The highest BCUT2D eigenvalue weighted by Gasteiger charge is 2.48. The Balaban J connectivity index is 1.68. The van der Waals surface area contributed by atoms with Crippen molar-refractivity contribution in [2.24, 2.45) is 0 Å². The Morgan fingerprint density at radius 2 is 2.16 bits per heavy atom. The lowest BCUT2D eigenvalue weighted by atomic mass is 9.85. The van der Waals surface area contributed by atoms with Gasteiger partial charge in [-0.1, -0.05) is 0 Å². The van der Waals surface area contributed by atoms with Crippen molar-refractivity contribution >= 4 is 39.2 Å². The van der Waals surface area contributed by atoms with Crippen LogP contribution in [-0.2, 0) is 5.66 Å². The number of nitrogens with one attached hydrogen (secondary N) is 2. The topological polar surface area (TPSA) is 102 Å². The summed E-state index contributed by atoms with van der Waals surface area (Å²) < 4.78 is 5.74. The molecular weight excluding hydrogens is 340 g/mol. The van der Waals surface area contributed by atoms with Gasteiger partial charge in [0.25, 0.3) is 11.5 Å². The second kappa shape index (κ2) is 4.85. The van der Waals surface area contributed by atoms with Crippen LogP contribution >= 0.6 is 11.5 Å². The minimum Gasteiger partial charge on any atom is -0.335 e. The first-order valence-corrected chi connectivity index (χ1v) is 8.78. The number of rotatable bonds is 2. The molecule has 3 aromatic rings. The Hall–Kier alpha value is -2.81. The molecule has 8 nitrogen and oxygen atoms in total. The molecule has 0 bridgehead atoms. The molecule has 0 aromatic carbocycles. The van der Waals surface area contributed by atoms with Gasteiger partial charge < -0.3 is 10.6 Å². The molecular formula is C16H14N6O2S. The lowest BCUT2D eigenvalue weighted by Gasteiger charge is -2.39. The number of hydrogen-bond donors (Lipinski definition) is 2. The van der Waals surface area contributed by atoms with E-state index in [0.29, 0.717) is 17.2 Å². The molecule has 1 amide bonds. The number of carbonyl (C=O) groups excluding carboxylic acids is 1. The fourth-order valence-corrected chi connectivity index (χ4v) is 4.23. The van der Waals surface area contributed by atoms with Crippen LogP contribution in [0.1, 0.15) is 35.3 Å². The SMILES string of the molecule is Cc1cc(Nc2ncnc3sncc23)c(=O)n2c1C(=O)NC21CCC1. The Kier molecular flexibility index (Phi) is 2.82. The fraction of sp³-hybridized carbons (Fsp3) is 0.312. The highest BCUT2D eigenvalue weighted by molar-refractivity contribution is 7.12. The van der Waals surface area contributed by atoms with E-state index in [1.807, 2.05) is 6.92 Å². The summed E-state index contributed by atoms with van der Waals surface area (Å²) in [5, 5.41) is 6.87. The van der Waals surface area contributed by atoms with Crippen LogP contribution in [0.5, 0.6) is 0 Å². The van der Waals surface area contributed by atoms with Crippen LogP contribution in [0.4, 0.5) is 11.5 Å². The van der Waals surface area contributed by atoms with E-state index in [9.17, 15) is 9.59 Å².